The van der Waals surface area contributed by atoms with Crippen LogP contribution in [0.1, 0.15) is 22.8 Å². The molecule has 1 atom stereocenters. The molecule has 1 N–H and O–H groups in total. The SMILES string of the molecule is COc1ccc(-c2ccc(C)c(C3=C(O)C(c4ccccc4)OC3=O)c2)cc1. The molecule has 1 aliphatic heterocycles. The molecule has 0 spiro atoms. The first kappa shape index (κ1) is 17.9. The molecule has 1 unspecified atom stereocenters. The van der Waals surface area contributed by atoms with E-state index >= 15 is 0 Å². The number of rotatable bonds is 4. The normalized spacial score (nSPS) is 16.2. The lowest BCUT2D eigenvalue weighted by Gasteiger charge is -2.10. The third-order valence-corrected chi connectivity index (χ3v) is 4.97. The van der Waals surface area contributed by atoms with Crippen LogP contribution in [0.5, 0.6) is 5.75 Å². The third-order valence-electron chi connectivity index (χ3n) is 4.97. The Morgan fingerprint density at radius 3 is 2.29 bits per heavy atom. The Morgan fingerprint density at radius 2 is 1.61 bits per heavy atom. The van der Waals surface area contributed by atoms with Crippen LogP contribution >= 0.6 is 0 Å². The minimum Gasteiger partial charge on any atom is -0.507 e. The van der Waals surface area contributed by atoms with Gasteiger partial charge in [-0.2, -0.15) is 0 Å². The molecule has 0 saturated carbocycles. The summed E-state index contributed by atoms with van der Waals surface area (Å²) in [6.07, 6.45) is -0.771. The van der Waals surface area contributed by atoms with E-state index in [1.807, 2.05) is 79.7 Å². The van der Waals surface area contributed by atoms with Crippen molar-refractivity contribution < 1.29 is 19.4 Å². The molecule has 0 fully saturated rings. The summed E-state index contributed by atoms with van der Waals surface area (Å²) in [4.78, 5) is 12.6. The number of esters is 1. The van der Waals surface area contributed by atoms with Gasteiger partial charge in [-0.1, -0.05) is 54.6 Å². The van der Waals surface area contributed by atoms with Gasteiger partial charge in [-0.05, 0) is 47.4 Å². The predicted molar refractivity (Wildman–Crippen MR) is 108 cm³/mol. The third kappa shape index (κ3) is 3.14. The first-order valence-electron chi connectivity index (χ1n) is 9.03. The maximum atomic E-state index is 12.6. The molecule has 0 radical (unpaired) electrons. The number of ether oxygens (including phenoxy) is 2. The van der Waals surface area contributed by atoms with Gasteiger partial charge >= 0.3 is 5.97 Å². The van der Waals surface area contributed by atoms with Crippen LogP contribution < -0.4 is 4.74 Å². The Hall–Kier alpha value is -3.53. The van der Waals surface area contributed by atoms with E-state index < -0.39 is 12.1 Å². The summed E-state index contributed by atoms with van der Waals surface area (Å²) in [6, 6.07) is 22.8. The van der Waals surface area contributed by atoms with Crippen molar-refractivity contribution in [1.82, 2.24) is 0 Å². The zero-order valence-electron chi connectivity index (χ0n) is 15.7. The molecule has 4 rings (SSSR count). The molecule has 0 aromatic heterocycles. The molecular weight excluding hydrogens is 352 g/mol. The number of aliphatic hydroxyl groups is 1. The monoisotopic (exact) mass is 372 g/mol. The highest BCUT2D eigenvalue weighted by molar-refractivity contribution is 6.19. The molecule has 3 aromatic rings. The summed E-state index contributed by atoms with van der Waals surface area (Å²) in [5.74, 6) is 0.217. The summed E-state index contributed by atoms with van der Waals surface area (Å²) in [5.41, 5.74) is 4.47. The van der Waals surface area contributed by atoms with Crippen molar-refractivity contribution in [2.75, 3.05) is 7.11 Å². The summed E-state index contributed by atoms with van der Waals surface area (Å²) >= 11 is 0. The maximum absolute atomic E-state index is 12.6. The number of carbonyl (C=O) groups is 1. The molecule has 0 amide bonds. The Balaban J connectivity index is 1.77. The van der Waals surface area contributed by atoms with Crippen molar-refractivity contribution >= 4 is 11.5 Å². The molecule has 1 aliphatic rings. The number of hydrogen-bond acceptors (Lipinski definition) is 4. The van der Waals surface area contributed by atoms with Gasteiger partial charge < -0.3 is 14.6 Å². The Labute approximate surface area is 163 Å². The Bertz CT molecular complexity index is 1050. The lowest BCUT2D eigenvalue weighted by molar-refractivity contribution is -0.138. The van der Waals surface area contributed by atoms with Gasteiger partial charge in [-0.3, -0.25) is 0 Å². The van der Waals surface area contributed by atoms with Crippen molar-refractivity contribution in [1.29, 1.82) is 0 Å². The van der Waals surface area contributed by atoms with Gasteiger partial charge in [0.05, 0.1) is 7.11 Å². The number of carbonyl (C=O) groups excluding carboxylic acids is 1. The minimum atomic E-state index is -0.771. The second kappa shape index (κ2) is 7.24. The van der Waals surface area contributed by atoms with E-state index in [4.69, 9.17) is 9.47 Å². The largest absolute Gasteiger partial charge is 0.507 e. The number of hydrogen-bond donors (Lipinski definition) is 1. The van der Waals surface area contributed by atoms with Crippen molar-refractivity contribution in [3.8, 4) is 16.9 Å². The molecule has 1 heterocycles. The smallest absolute Gasteiger partial charge is 0.343 e. The van der Waals surface area contributed by atoms with Crippen molar-refractivity contribution in [3.63, 3.8) is 0 Å². The van der Waals surface area contributed by atoms with Crippen LogP contribution in [0.4, 0.5) is 0 Å². The van der Waals surface area contributed by atoms with Crippen molar-refractivity contribution in [2.24, 2.45) is 0 Å². The molecular formula is C24H20O4. The Morgan fingerprint density at radius 1 is 0.929 bits per heavy atom. The topological polar surface area (TPSA) is 55.8 Å². The van der Waals surface area contributed by atoms with Crippen LogP contribution in [0.25, 0.3) is 16.7 Å². The first-order valence-corrected chi connectivity index (χ1v) is 9.03. The molecule has 28 heavy (non-hydrogen) atoms. The fraction of sp³-hybridized carbons (Fsp3) is 0.125. The molecule has 4 nitrogen and oxygen atoms in total. The highest BCUT2D eigenvalue weighted by Crippen LogP contribution is 2.40. The van der Waals surface area contributed by atoms with Gasteiger partial charge in [0.25, 0.3) is 0 Å². The van der Waals surface area contributed by atoms with Gasteiger partial charge in [0, 0.05) is 5.56 Å². The average molecular weight is 372 g/mol. The van der Waals surface area contributed by atoms with E-state index in [1.165, 1.54) is 0 Å². The number of aryl methyl sites for hydroxylation is 1. The molecule has 0 saturated heterocycles. The minimum absolute atomic E-state index is 0.0498. The molecule has 0 bridgehead atoms. The van der Waals surface area contributed by atoms with E-state index in [2.05, 4.69) is 0 Å². The van der Waals surface area contributed by atoms with Crippen LogP contribution in [0.3, 0.4) is 0 Å². The highest BCUT2D eigenvalue weighted by atomic mass is 16.6. The molecule has 140 valence electrons. The van der Waals surface area contributed by atoms with E-state index in [1.54, 1.807) is 7.11 Å². The van der Waals surface area contributed by atoms with Crippen LogP contribution in [-0.4, -0.2) is 18.2 Å². The summed E-state index contributed by atoms with van der Waals surface area (Å²) in [7, 11) is 1.63. The van der Waals surface area contributed by atoms with Crippen LogP contribution in [-0.2, 0) is 9.53 Å². The van der Waals surface area contributed by atoms with Gasteiger partial charge in [-0.15, -0.1) is 0 Å². The van der Waals surface area contributed by atoms with Crippen LogP contribution in [0.15, 0.2) is 78.6 Å². The van der Waals surface area contributed by atoms with Gasteiger partial charge in [0.1, 0.15) is 11.3 Å². The number of aliphatic hydroxyl groups excluding tert-OH is 1. The highest BCUT2D eigenvalue weighted by Gasteiger charge is 2.36. The molecule has 0 aliphatic carbocycles. The Kier molecular flexibility index (Phi) is 4.62. The zero-order valence-corrected chi connectivity index (χ0v) is 15.7. The molecule has 3 aromatic carbocycles. The van der Waals surface area contributed by atoms with E-state index in [0.717, 1.165) is 28.0 Å². The second-order valence-corrected chi connectivity index (χ2v) is 6.71. The van der Waals surface area contributed by atoms with Crippen LogP contribution in [0.2, 0.25) is 0 Å². The maximum Gasteiger partial charge on any atom is 0.343 e. The van der Waals surface area contributed by atoms with E-state index in [0.29, 0.717) is 5.56 Å². The second-order valence-electron chi connectivity index (χ2n) is 6.71. The number of methoxy groups -OCH3 is 1. The number of cyclic esters (lactones) is 1. The fourth-order valence-corrected chi connectivity index (χ4v) is 3.41. The predicted octanol–water partition coefficient (Wildman–Crippen LogP) is 5.24. The van der Waals surface area contributed by atoms with Crippen molar-refractivity contribution in [3.05, 3.63) is 95.2 Å². The lowest BCUT2D eigenvalue weighted by atomic mass is 9.94. The quantitative estimate of drug-likeness (QED) is 0.637. The zero-order chi connectivity index (χ0) is 19.7. The number of benzene rings is 3. The van der Waals surface area contributed by atoms with Gasteiger partial charge in [0.2, 0.25) is 0 Å². The standard InChI is InChI=1S/C24H20O4/c1-15-8-9-18(16-10-12-19(27-2)13-11-16)14-20(15)21-22(25)23(28-24(21)26)17-6-4-3-5-7-17/h3-14,23,25H,1-2H3. The van der Waals surface area contributed by atoms with E-state index in [-0.39, 0.29) is 11.3 Å². The van der Waals surface area contributed by atoms with Crippen molar-refractivity contribution in [2.45, 2.75) is 13.0 Å². The average Bonchev–Trinajstić information content (AvgIpc) is 3.03. The summed E-state index contributed by atoms with van der Waals surface area (Å²) < 4.78 is 10.7. The first-order chi connectivity index (χ1) is 13.6. The molecule has 4 heteroatoms. The fourth-order valence-electron chi connectivity index (χ4n) is 3.41. The van der Waals surface area contributed by atoms with Gasteiger partial charge in [0.15, 0.2) is 11.9 Å². The lowest BCUT2D eigenvalue weighted by Crippen LogP contribution is -2.03. The summed E-state index contributed by atoms with van der Waals surface area (Å²) in [6.45, 7) is 1.91. The van der Waals surface area contributed by atoms with Crippen LogP contribution in [0, 0.1) is 6.92 Å². The van der Waals surface area contributed by atoms with Gasteiger partial charge in [-0.25, -0.2) is 4.79 Å². The van der Waals surface area contributed by atoms with E-state index in [9.17, 15) is 9.90 Å². The summed E-state index contributed by atoms with van der Waals surface area (Å²) in [5, 5.41) is 10.8.